The van der Waals surface area contributed by atoms with Crippen LogP contribution in [0.2, 0.25) is 0 Å². The van der Waals surface area contributed by atoms with Gasteiger partial charge in [0.15, 0.2) is 5.65 Å². The second-order valence-corrected chi connectivity index (χ2v) is 11.6. The van der Waals surface area contributed by atoms with Crippen molar-refractivity contribution >= 4 is 32.4 Å². The molecule has 39 heavy (non-hydrogen) atoms. The third kappa shape index (κ3) is 6.52. The van der Waals surface area contributed by atoms with Crippen LogP contribution >= 0.6 is 0 Å². The molecule has 4 aromatic rings. The number of aromatic nitrogens is 3. The van der Waals surface area contributed by atoms with Crippen molar-refractivity contribution in [2.75, 3.05) is 26.0 Å². The van der Waals surface area contributed by atoms with E-state index >= 15 is 0 Å². The first-order valence-corrected chi connectivity index (χ1v) is 13.5. The van der Waals surface area contributed by atoms with Gasteiger partial charge in [-0.25, -0.2) is 22.7 Å². The minimum absolute atomic E-state index is 0.0346. The lowest BCUT2D eigenvalue weighted by Gasteiger charge is -2.15. The Kier molecular flexibility index (Phi) is 8.19. The van der Waals surface area contributed by atoms with E-state index in [1.807, 2.05) is 13.8 Å². The second kappa shape index (κ2) is 11.2. The van der Waals surface area contributed by atoms with Crippen LogP contribution in [0.3, 0.4) is 0 Å². The average Bonchev–Trinajstić information content (AvgIpc) is 2.88. The third-order valence-corrected chi connectivity index (χ3v) is 7.52. The number of sulfonamides is 1. The fourth-order valence-corrected chi connectivity index (χ4v) is 4.68. The molecule has 0 amide bonds. The van der Waals surface area contributed by atoms with Crippen LogP contribution in [0.1, 0.15) is 25.1 Å². The van der Waals surface area contributed by atoms with E-state index in [1.54, 1.807) is 24.3 Å². The van der Waals surface area contributed by atoms with E-state index < -0.39 is 21.8 Å². The SMILES string of the molecule is CC(C)COCc1cc(Nc2ccc(S(=O)(=O)N(C)C)cc2)c2ccc(-c3ncccc3C(F)(F)F)nc2n1. The Morgan fingerprint density at radius 2 is 1.74 bits per heavy atom. The Bertz CT molecular complexity index is 1570. The maximum atomic E-state index is 13.6. The number of rotatable bonds is 9. The van der Waals surface area contributed by atoms with Gasteiger partial charge in [0, 0.05) is 38.0 Å². The fraction of sp³-hybridized carbons (Fsp3) is 0.296. The molecule has 0 atom stereocenters. The Balaban J connectivity index is 1.76. The van der Waals surface area contributed by atoms with E-state index in [9.17, 15) is 21.6 Å². The number of nitrogens with zero attached hydrogens (tertiary/aromatic N) is 4. The number of alkyl halides is 3. The van der Waals surface area contributed by atoms with Crippen LogP contribution in [-0.2, 0) is 27.5 Å². The standard InChI is InChI=1S/C27H28F3N5O3S/c1-17(2)15-38-16-19-14-24(32-18-7-9-20(10-8-18)39(36,37)35(3)4)21-11-12-23(34-26(21)33-19)25-22(27(28,29)30)6-5-13-31-25/h5-14,17H,15-16H2,1-4H3,(H,32,33,34). The molecular weight excluding hydrogens is 531 g/mol. The lowest BCUT2D eigenvalue weighted by atomic mass is 10.1. The van der Waals surface area contributed by atoms with E-state index in [0.717, 1.165) is 10.4 Å². The average molecular weight is 560 g/mol. The molecule has 0 aliphatic rings. The van der Waals surface area contributed by atoms with Crippen molar-refractivity contribution in [2.45, 2.75) is 31.5 Å². The Hall–Kier alpha value is -3.61. The molecule has 12 heteroatoms. The summed E-state index contributed by atoms with van der Waals surface area (Å²) >= 11 is 0. The van der Waals surface area contributed by atoms with Crippen LogP contribution in [-0.4, -0.2) is 48.4 Å². The predicted molar refractivity (Wildman–Crippen MR) is 143 cm³/mol. The van der Waals surface area contributed by atoms with Gasteiger partial charge in [-0.1, -0.05) is 13.8 Å². The van der Waals surface area contributed by atoms with Crippen molar-refractivity contribution in [1.29, 1.82) is 0 Å². The Morgan fingerprint density at radius 1 is 1.03 bits per heavy atom. The van der Waals surface area contributed by atoms with Crippen LogP contribution in [0.15, 0.2) is 65.7 Å². The number of halogens is 3. The molecule has 3 aromatic heterocycles. The van der Waals surface area contributed by atoms with Gasteiger partial charge in [-0.05, 0) is 60.5 Å². The van der Waals surface area contributed by atoms with Crippen LogP contribution in [0, 0.1) is 5.92 Å². The van der Waals surface area contributed by atoms with E-state index in [-0.39, 0.29) is 28.5 Å². The number of fused-ring (bicyclic) bond motifs is 1. The summed E-state index contributed by atoms with van der Waals surface area (Å²) in [6.07, 6.45) is -3.31. The molecule has 4 rings (SSSR count). The molecule has 0 aliphatic carbocycles. The summed E-state index contributed by atoms with van der Waals surface area (Å²) in [7, 11) is -0.676. The molecule has 0 spiro atoms. The minimum atomic E-state index is -4.60. The molecule has 1 N–H and O–H groups in total. The number of nitrogens with one attached hydrogen (secondary N) is 1. The van der Waals surface area contributed by atoms with Crippen molar-refractivity contribution in [3.8, 4) is 11.4 Å². The smallest absolute Gasteiger partial charge is 0.375 e. The van der Waals surface area contributed by atoms with E-state index in [2.05, 4.69) is 20.3 Å². The van der Waals surface area contributed by atoms with Gasteiger partial charge >= 0.3 is 6.18 Å². The van der Waals surface area contributed by atoms with Gasteiger partial charge in [-0.2, -0.15) is 13.2 Å². The van der Waals surface area contributed by atoms with Crippen LogP contribution < -0.4 is 5.32 Å². The molecule has 0 fully saturated rings. The monoisotopic (exact) mass is 559 g/mol. The fourth-order valence-electron chi connectivity index (χ4n) is 3.78. The van der Waals surface area contributed by atoms with Gasteiger partial charge in [0.25, 0.3) is 0 Å². The number of anilines is 2. The zero-order valence-corrected chi connectivity index (χ0v) is 22.6. The first kappa shape index (κ1) is 28.4. The largest absolute Gasteiger partial charge is 0.418 e. The van der Waals surface area contributed by atoms with Crippen LogP contribution in [0.25, 0.3) is 22.4 Å². The highest BCUT2D eigenvalue weighted by Crippen LogP contribution is 2.36. The van der Waals surface area contributed by atoms with E-state index in [4.69, 9.17) is 4.74 Å². The van der Waals surface area contributed by atoms with Gasteiger partial charge in [-0.15, -0.1) is 0 Å². The second-order valence-electron chi connectivity index (χ2n) is 9.47. The van der Waals surface area contributed by atoms with Gasteiger partial charge < -0.3 is 10.1 Å². The van der Waals surface area contributed by atoms with Gasteiger partial charge in [-0.3, -0.25) is 4.98 Å². The maximum absolute atomic E-state index is 13.6. The minimum Gasteiger partial charge on any atom is -0.375 e. The highest BCUT2D eigenvalue weighted by atomic mass is 32.2. The number of benzene rings is 1. The molecule has 0 radical (unpaired) electrons. The highest BCUT2D eigenvalue weighted by Gasteiger charge is 2.34. The summed E-state index contributed by atoms with van der Waals surface area (Å²) in [4.78, 5) is 13.1. The van der Waals surface area contributed by atoms with Crippen molar-refractivity contribution in [3.05, 3.63) is 72.1 Å². The van der Waals surface area contributed by atoms with E-state index in [1.165, 1.54) is 44.6 Å². The van der Waals surface area contributed by atoms with Crippen molar-refractivity contribution in [3.63, 3.8) is 0 Å². The summed E-state index contributed by atoms with van der Waals surface area (Å²) in [5.41, 5.74) is 0.782. The van der Waals surface area contributed by atoms with Gasteiger partial charge in [0.2, 0.25) is 10.0 Å². The third-order valence-electron chi connectivity index (χ3n) is 5.69. The first-order chi connectivity index (χ1) is 18.4. The first-order valence-electron chi connectivity index (χ1n) is 12.1. The number of hydrogen-bond donors (Lipinski definition) is 1. The molecular formula is C27H28F3N5O3S. The van der Waals surface area contributed by atoms with E-state index in [0.29, 0.717) is 35.0 Å². The molecule has 0 saturated carbocycles. The normalized spacial score (nSPS) is 12.4. The van der Waals surface area contributed by atoms with Gasteiger partial charge in [0.05, 0.1) is 34.1 Å². The van der Waals surface area contributed by atoms with Crippen molar-refractivity contribution in [1.82, 2.24) is 19.3 Å². The lowest BCUT2D eigenvalue weighted by Crippen LogP contribution is -2.22. The zero-order valence-electron chi connectivity index (χ0n) is 21.8. The maximum Gasteiger partial charge on any atom is 0.418 e. The molecule has 1 aromatic carbocycles. The molecule has 3 heterocycles. The molecule has 0 bridgehead atoms. The number of hydrogen-bond acceptors (Lipinski definition) is 7. The van der Waals surface area contributed by atoms with Crippen molar-refractivity contribution < 1.29 is 26.3 Å². The van der Waals surface area contributed by atoms with Crippen molar-refractivity contribution in [2.24, 2.45) is 5.92 Å². The summed E-state index contributed by atoms with van der Waals surface area (Å²) in [5, 5.41) is 3.81. The summed E-state index contributed by atoms with van der Waals surface area (Å²) < 4.78 is 72.5. The number of ether oxygens (including phenoxy) is 1. The zero-order chi connectivity index (χ0) is 28.4. The summed E-state index contributed by atoms with van der Waals surface area (Å²) in [5.74, 6) is 0.301. The quantitative estimate of drug-likeness (QED) is 0.274. The Labute approximate surface area is 224 Å². The summed E-state index contributed by atoms with van der Waals surface area (Å²) in [6.45, 7) is 4.70. The predicted octanol–water partition coefficient (Wildman–Crippen LogP) is 5.88. The molecule has 0 saturated heterocycles. The number of pyridine rings is 3. The lowest BCUT2D eigenvalue weighted by molar-refractivity contribution is -0.137. The van der Waals surface area contributed by atoms with Gasteiger partial charge in [0.1, 0.15) is 5.69 Å². The van der Waals surface area contributed by atoms with Crippen LogP contribution in [0.4, 0.5) is 24.5 Å². The molecule has 8 nitrogen and oxygen atoms in total. The summed E-state index contributed by atoms with van der Waals surface area (Å²) in [6, 6.07) is 13.3. The Morgan fingerprint density at radius 3 is 2.38 bits per heavy atom. The highest BCUT2D eigenvalue weighted by molar-refractivity contribution is 7.89. The molecule has 0 aliphatic heterocycles. The van der Waals surface area contributed by atoms with Crippen LogP contribution in [0.5, 0.6) is 0 Å². The topological polar surface area (TPSA) is 97.3 Å². The molecule has 0 unspecified atom stereocenters. The molecule has 206 valence electrons.